The Balaban J connectivity index is 1.88. The second-order valence-corrected chi connectivity index (χ2v) is 4.85. The third kappa shape index (κ3) is 4.14. The predicted molar refractivity (Wildman–Crippen MR) is 84.6 cm³/mol. The van der Waals surface area contributed by atoms with Crippen LogP contribution in [0, 0.1) is 0 Å². The molecule has 1 aromatic carbocycles. The number of nitrogens with one attached hydrogen (secondary N) is 1. The standard InChI is InChI=1S/C16H23N3O3/c1-20-14-10-16(22-3)15(21-2)9-13(14)11-17-5-4-7-19-8-6-18-12-19/h6,8-10,12,17H,4-5,7,11H2,1-3H3. The predicted octanol–water partition coefficient (Wildman–Crippen LogP) is 2.09. The van der Waals surface area contributed by atoms with Crippen molar-refractivity contribution < 1.29 is 14.2 Å². The van der Waals surface area contributed by atoms with Gasteiger partial charge in [-0.2, -0.15) is 0 Å². The van der Waals surface area contributed by atoms with E-state index < -0.39 is 0 Å². The molecule has 2 aromatic rings. The third-order valence-corrected chi connectivity index (χ3v) is 3.43. The average Bonchev–Trinajstić information content (AvgIpc) is 3.07. The van der Waals surface area contributed by atoms with Gasteiger partial charge in [-0.1, -0.05) is 0 Å². The van der Waals surface area contributed by atoms with Crippen molar-refractivity contribution in [3.63, 3.8) is 0 Å². The molecule has 0 saturated carbocycles. The number of rotatable bonds is 9. The topological polar surface area (TPSA) is 57.5 Å². The number of hydrogen-bond donors (Lipinski definition) is 1. The Morgan fingerprint density at radius 3 is 2.41 bits per heavy atom. The molecule has 0 aliphatic carbocycles. The van der Waals surface area contributed by atoms with Crippen LogP contribution in [0.25, 0.3) is 0 Å². The molecule has 0 spiro atoms. The monoisotopic (exact) mass is 305 g/mol. The van der Waals surface area contributed by atoms with Crippen LogP contribution in [-0.2, 0) is 13.1 Å². The lowest BCUT2D eigenvalue weighted by Crippen LogP contribution is -2.17. The molecule has 0 aliphatic heterocycles. The Labute approximate surface area is 131 Å². The van der Waals surface area contributed by atoms with Crippen molar-refractivity contribution in [1.82, 2.24) is 14.9 Å². The molecule has 0 saturated heterocycles. The SMILES string of the molecule is COc1cc(OC)c(OC)cc1CNCCCn1ccnc1. The zero-order valence-electron chi connectivity index (χ0n) is 13.3. The van der Waals surface area contributed by atoms with E-state index in [1.54, 1.807) is 27.5 Å². The van der Waals surface area contributed by atoms with E-state index in [0.717, 1.165) is 30.8 Å². The molecular formula is C16H23N3O3. The van der Waals surface area contributed by atoms with E-state index in [2.05, 4.69) is 14.9 Å². The van der Waals surface area contributed by atoms with Gasteiger partial charge in [0.2, 0.25) is 0 Å². The van der Waals surface area contributed by atoms with Gasteiger partial charge in [0.05, 0.1) is 27.7 Å². The van der Waals surface area contributed by atoms with Crippen molar-refractivity contribution in [2.75, 3.05) is 27.9 Å². The molecule has 0 unspecified atom stereocenters. The van der Waals surface area contributed by atoms with E-state index in [-0.39, 0.29) is 0 Å². The van der Waals surface area contributed by atoms with Crippen LogP contribution in [-0.4, -0.2) is 37.4 Å². The van der Waals surface area contributed by atoms with Crippen molar-refractivity contribution in [3.8, 4) is 17.2 Å². The molecule has 0 amide bonds. The Bertz CT molecular complexity index is 570. The van der Waals surface area contributed by atoms with Crippen molar-refractivity contribution in [3.05, 3.63) is 36.4 Å². The summed E-state index contributed by atoms with van der Waals surface area (Å²) in [6.07, 6.45) is 6.63. The summed E-state index contributed by atoms with van der Waals surface area (Å²) < 4.78 is 18.1. The van der Waals surface area contributed by atoms with Crippen molar-refractivity contribution >= 4 is 0 Å². The summed E-state index contributed by atoms with van der Waals surface area (Å²) in [5.74, 6) is 2.17. The molecule has 120 valence electrons. The second kappa shape index (κ2) is 8.29. The molecule has 6 nitrogen and oxygen atoms in total. The van der Waals surface area contributed by atoms with Crippen molar-refractivity contribution in [2.24, 2.45) is 0 Å². The zero-order chi connectivity index (χ0) is 15.8. The number of benzene rings is 1. The van der Waals surface area contributed by atoms with Gasteiger partial charge in [-0.25, -0.2) is 4.98 Å². The largest absolute Gasteiger partial charge is 0.496 e. The van der Waals surface area contributed by atoms with Gasteiger partial charge in [0.25, 0.3) is 0 Å². The van der Waals surface area contributed by atoms with Crippen LogP contribution >= 0.6 is 0 Å². The average molecular weight is 305 g/mol. The smallest absolute Gasteiger partial charge is 0.164 e. The zero-order valence-corrected chi connectivity index (χ0v) is 13.3. The van der Waals surface area contributed by atoms with Crippen molar-refractivity contribution in [2.45, 2.75) is 19.5 Å². The fourth-order valence-electron chi connectivity index (χ4n) is 2.26. The number of imidazole rings is 1. The summed E-state index contributed by atoms with van der Waals surface area (Å²) >= 11 is 0. The van der Waals surface area contributed by atoms with Crippen LogP contribution in [0.15, 0.2) is 30.9 Å². The highest BCUT2D eigenvalue weighted by molar-refractivity contribution is 5.50. The molecule has 6 heteroatoms. The van der Waals surface area contributed by atoms with Crippen molar-refractivity contribution in [1.29, 1.82) is 0 Å². The van der Waals surface area contributed by atoms with Gasteiger partial charge in [-0.3, -0.25) is 0 Å². The summed E-state index contributed by atoms with van der Waals surface area (Å²) in [6.45, 7) is 2.58. The maximum Gasteiger partial charge on any atom is 0.164 e. The van der Waals surface area contributed by atoms with Gasteiger partial charge < -0.3 is 24.1 Å². The number of aryl methyl sites for hydroxylation is 1. The second-order valence-electron chi connectivity index (χ2n) is 4.85. The minimum absolute atomic E-state index is 0.670. The first kappa shape index (κ1) is 16.2. The number of ether oxygens (including phenoxy) is 3. The van der Waals surface area contributed by atoms with E-state index >= 15 is 0 Å². The molecule has 0 bridgehead atoms. The molecule has 1 aromatic heterocycles. The van der Waals surface area contributed by atoms with E-state index in [1.807, 2.05) is 24.7 Å². The minimum Gasteiger partial charge on any atom is -0.496 e. The minimum atomic E-state index is 0.670. The summed E-state index contributed by atoms with van der Waals surface area (Å²) in [6, 6.07) is 3.79. The van der Waals surface area contributed by atoms with Crippen LogP contribution in [0.2, 0.25) is 0 Å². The van der Waals surface area contributed by atoms with Gasteiger partial charge >= 0.3 is 0 Å². The molecule has 2 rings (SSSR count). The molecule has 0 radical (unpaired) electrons. The Kier molecular flexibility index (Phi) is 6.09. The molecule has 0 fully saturated rings. The van der Waals surface area contributed by atoms with Crippen LogP contribution in [0.1, 0.15) is 12.0 Å². The first-order valence-electron chi connectivity index (χ1n) is 7.23. The summed E-state index contributed by atoms with van der Waals surface area (Å²) in [7, 11) is 4.90. The summed E-state index contributed by atoms with van der Waals surface area (Å²) in [5, 5.41) is 3.42. The van der Waals surface area contributed by atoms with Crippen LogP contribution in [0.4, 0.5) is 0 Å². The normalized spacial score (nSPS) is 10.5. The number of hydrogen-bond acceptors (Lipinski definition) is 5. The van der Waals surface area contributed by atoms with Crippen LogP contribution in [0.3, 0.4) is 0 Å². The lowest BCUT2D eigenvalue weighted by molar-refractivity contribution is 0.347. The molecule has 1 N–H and O–H groups in total. The molecule has 0 atom stereocenters. The lowest BCUT2D eigenvalue weighted by atomic mass is 10.1. The molecular weight excluding hydrogens is 282 g/mol. The quantitative estimate of drug-likeness (QED) is 0.719. The van der Waals surface area contributed by atoms with Crippen LogP contribution < -0.4 is 19.5 Å². The fraction of sp³-hybridized carbons (Fsp3) is 0.438. The van der Waals surface area contributed by atoms with Gasteiger partial charge in [-0.05, 0) is 19.0 Å². The van der Waals surface area contributed by atoms with Gasteiger partial charge in [0.15, 0.2) is 11.5 Å². The molecule has 0 aliphatic rings. The van der Waals surface area contributed by atoms with E-state index in [9.17, 15) is 0 Å². The first-order chi connectivity index (χ1) is 10.8. The summed E-state index contributed by atoms with van der Waals surface area (Å²) in [4.78, 5) is 4.03. The highest BCUT2D eigenvalue weighted by Crippen LogP contribution is 2.34. The molecule has 1 heterocycles. The lowest BCUT2D eigenvalue weighted by Gasteiger charge is -2.14. The van der Waals surface area contributed by atoms with E-state index in [1.165, 1.54) is 0 Å². The van der Waals surface area contributed by atoms with E-state index in [0.29, 0.717) is 18.0 Å². The molecule has 22 heavy (non-hydrogen) atoms. The summed E-state index contributed by atoms with van der Waals surface area (Å²) in [5.41, 5.74) is 1.04. The first-order valence-corrected chi connectivity index (χ1v) is 7.23. The van der Waals surface area contributed by atoms with E-state index in [4.69, 9.17) is 14.2 Å². The number of methoxy groups -OCH3 is 3. The number of aromatic nitrogens is 2. The Morgan fingerprint density at radius 2 is 1.77 bits per heavy atom. The van der Waals surface area contributed by atoms with Gasteiger partial charge in [0, 0.05) is 37.1 Å². The maximum absolute atomic E-state index is 5.42. The maximum atomic E-state index is 5.42. The third-order valence-electron chi connectivity index (χ3n) is 3.43. The fourth-order valence-corrected chi connectivity index (χ4v) is 2.26. The highest BCUT2D eigenvalue weighted by Gasteiger charge is 2.11. The highest BCUT2D eigenvalue weighted by atomic mass is 16.5. The van der Waals surface area contributed by atoms with Crippen LogP contribution in [0.5, 0.6) is 17.2 Å². The Hall–Kier alpha value is -2.21. The van der Waals surface area contributed by atoms with Gasteiger partial charge in [0.1, 0.15) is 5.75 Å². The van der Waals surface area contributed by atoms with Gasteiger partial charge in [-0.15, -0.1) is 0 Å². The number of nitrogens with zero attached hydrogens (tertiary/aromatic N) is 2. The Morgan fingerprint density at radius 1 is 1.05 bits per heavy atom.